The Labute approximate surface area is 168 Å². The second kappa shape index (κ2) is 9.20. The van der Waals surface area contributed by atoms with Crippen molar-refractivity contribution in [1.82, 2.24) is 0 Å². The molecule has 0 spiro atoms. The molecule has 3 amide bonds. The molecule has 0 saturated heterocycles. The summed E-state index contributed by atoms with van der Waals surface area (Å²) in [5.74, 6) is -1.10. The topological polar surface area (TPSA) is 133 Å². The van der Waals surface area contributed by atoms with Crippen molar-refractivity contribution in [2.24, 2.45) is 0 Å². The first-order valence-corrected chi connectivity index (χ1v) is 10.6. The van der Waals surface area contributed by atoms with Gasteiger partial charge in [-0.05, 0) is 36.4 Å². The fraction of sp³-hybridized carbons (Fsp3) is 0.211. The molecular formula is C19H22N4O5S. The third-order valence-corrected chi connectivity index (χ3v) is 4.20. The minimum atomic E-state index is -3.63. The average molecular weight is 418 g/mol. The number of carbonyl (C=O) groups excluding carboxylic acids is 3. The summed E-state index contributed by atoms with van der Waals surface area (Å²) in [5.41, 5.74) is 1.33. The highest BCUT2D eigenvalue weighted by Crippen LogP contribution is 2.24. The Morgan fingerprint density at radius 1 is 0.897 bits per heavy atom. The number of anilines is 4. The normalized spacial score (nSPS) is 10.7. The van der Waals surface area contributed by atoms with Crippen LogP contribution >= 0.6 is 0 Å². The second-order valence-electron chi connectivity index (χ2n) is 6.25. The fourth-order valence-corrected chi connectivity index (χ4v) is 3.00. The minimum Gasteiger partial charge on any atom is -0.326 e. The van der Waals surface area contributed by atoms with Crippen LogP contribution in [-0.2, 0) is 19.6 Å². The van der Waals surface area contributed by atoms with Crippen LogP contribution in [0.1, 0.15) is 30.6 Å². The van der Waals surface area contributed by atoms with E-state index in [0.29, 0.717) is 23.5 Å². The molecule has 0 atom stereocenters. The zero-order chi connectivity index (χ0) is 21.6. The first kappa shape index (κ1) is 21.9. The molecule has 154 valence electrons. The molecule has 0 aromatic heterocycles. The van der Waals surface area contributed by atoms with Gasteiger partial charge in [0, 0.05) is 30.4 Å². The number of hydrogen-bond donors (Lipinski definition) is 4. The van der Waals surface area contributed by atoms with Gasteiger partial charge >= 0.3 is 0 Å². The van der Waals surface area contributed by atoms with Crippen LogP contribution in [0, 0.1) is 0 Å². The molecule has 2 aromatic rings. The van der Waals surface area contributed by atoms with Crippen molar-refractivity contribution in [3.63, 3.8) is 0 Å². The van der Waals surface area contributed by atoms with E-state index in [0.717, 1.165) is 6.26 Å². The molecule has 0 radical (unpaired) electrons. The molecular weight excluding hydrogens is 396 g/mol. The van der Waals surface area contributed by atoms with Crippen LogP contribution in [-0.4, -0.2) is 32.4 Å². The Morgan fingerprint density at radius 3 is 2.10 bits per heavy atom. The van der Waals surface area contributed by atoms with Crippen molar-refractivity contribution in [2.75, 3.05) is 26.9 Å². The first-order valence-electron chi connectivity index (χ1n) is 8.68. The molecule has 0 fully saturated rings. The van der Waals surface area contributed by atoms with Crippen LogP contribution in [0.25, 0.3) is 0 Å². The van der Waals surface area contributed by atoms with Crippen molar-refractivity contribution >= 4 is 50.5 Å². The predicted octanol–water partition coefficient (Wildman–Crippen LogP) is 2.62. The van der Waals surface area contributed by atoms with Crippen LogP contribution in [0.5, 0.6) is 0 Å². The molecule has 0 bridgehead atoms. The summed E-state index contributed by atoms with van der Waals surface area (Å²) >= 11 is 0. The zero-order valence-corrected chi connectivity index (χ0v) is 17.0. The number of rotatable bonds is 7. The van der Waals surface area contributed by atoms with Gasteiger partial charge < -0.3 is 16.0 Å². The molecule has 0 unspecified atom stereocenters. The van der Waals surface area contributed by atoms with E-state index in [4.69, 9.17) is 0 Å². The maximum atomic E-state index is 12.8. The Balaban J connectivity index is 2.33. The highest BCUT2D eigenvalue weighted by atomic mass is 32.2. The van der Waals surface area contributed by atoms with Gasteiger partial charge in [0.15, 0.2) is 0 Å². The Kier molecular flexibility index (Phi) is 6.94. The van der Waals surface area contributed by atoms with Crippen LogP contribution in [0.2, 0.25) is 0 Å². The summed E-state index contributed by atoms with van der Waals surface area (Å²) in [7, 11) is -3.63. The highest BCUT2D eigenvalue weighted by Gasteiger charge is 2.16. The predicted molar refractivity (Wildman–Crippen MR) is 113 cm³/mol. The molecule has 0 aliphatic carbocycles. The highest BCUT2D eigenvalue weighted by molar-refractivity contribution is 7.92. The van der Waals surface area contributed by atoms with Gasteiger partial charge in [0.05, 0.1) is 17.5 Å². The SMILES string of the molecule is CCC(=O)Nc1cccc(NC(=O)c2cc(NC(C)=O)ccc2NS(C)(=O)=O)c1. The number of hydrogen-bond acceptors (Lipinski definition) is 5. The summed E-state index contributed by atoms with van der Waals surface area (Å²) in [5, 5.41) is 7.90. The van der Waals surface area contributed by atoms with Crippen LogP contribution in [0.3, 0.4) is 0 Å². The van der Waals surface area contributed by atoms with Gasteiger partial charge in [-0.25, -0.2) is 8.42 Å². The zero-order valence-electron chi connectivity index (χ0n) is 16.2. The minimum absolute atomic E-state index is 0.0182. The van der Waals surface area contributed by atoms with Crippen LogP contribution < -0.4 is 20.7 Å². The smallest absolute Gasteiger partial charge is 0.257 e. The van der Waals surface area contributed by atoms with Crippen molar-refractivity contribution in [1.29, 1.82) is 0 Å². The maximum absolute atomic E-state index is 12.8. The first-order chi connectivity index (χ1) is 13.6. The van der Waals surface area contributed by atoms with Gasteiger partial charge in [-0.15, -0.1) is 0 Å². The average Bonchev–Trinajstić information content (AvgIpc) is 2.61. The molecule has 0 aliphatic heterocycles. The third kappa shape index (κ3) is 6.92. The molecule has 2 aromatic carbocycles. The number of carbonyl (C=O) groups is 3. The summed E-state index contributed by atoms with van der Waals surface area (Å²) in [6.45, 7) is 3.04. The number of nitrogens with one attached hydrogen (secondary N) is 4. The standard InChI is InChI=1S/C19H22N4O5S/c1-4-18(25)21-13-6-5-7-14(10-13)22-19(26)16-11-15(20-12(2)24)8-9-17(16)23-29(3,27)28/h5-11,23H,4H2,1-3H3,(H,20,24)(H,21,25)(H,22,26). The quantitative estimate of drug-likeness (QED) is 0.548. The van der Waals surface area contributed by atoms with Crippen molar-refractivity contribution in [2.45, 2.75) is 20.3 Å². The Morgan fingerprint density at radius 2 is 1.52 bits per heavy atom. The van der Waals surface area contributed by atoms with Crippen molar-refractivity contribution in [3.8, 4) is 0 Å². The summed E-state index contributed by atoms with van der Waals surface area (Å²) in [6, 6.07) is 10.8. The monoisotopic (exact) mass is 418 g/mol. The molecule has 29 heavy (non-hydrogen) atoms. The van der Waals surface area contributed by atoms with Gasteiger partial charge in [0.25, 0.3) is 5.91 Å². The molecule has 10 heteroatoms. The largest absolute Gasteiger partial charge is 0.326 e. The molecule has 0 heterocycles. The van der Waals surface area contributed by atoms with E-state index in [-0.39, 0.29) is 23.1 Å². The lowest BCUT2D eigenvalue weighted by molar-refractivity contribution is -0.116. The number of benzene rings is 2. The van der Waals surface area contributed by atoms with E-state index in [9.17, 15) is 22.8 Å². The lowest BCUT2D eigenvalue weighted by Gasteiger charge is -2.14. The van der Waals surface area contributed by atoms with Gasteiger partial charge in [-0.3, -0.25) is 19.1 Å². The van der Waals surface area contributed by atoms with Gasteiger partial charge in [-0.1, -0.05) is 13.0 Å². The number of sulfonamides is 1. The van der Waals surface area contributed by atoms with E-state index in [1.807, 2.05) is 0 Å². The maximum Gasteiger partial charge on any atom is 0.257 e. The molecule has 2 rings (SSSR count). The van der Waals surface area contributed by atoms with E-state index < -0.39 is 15.9 Å². The number of amides is 3. The Bertz CT molecular complexity index is 1050. The summed E-state index contributed by atoms with van der Waals surface area (Å²) in [6.07, 6.45) is 1.28. The lowest BCUT2D eigenvalue weighted by Crippen LogP contribution is -2.18. The van der Waals surface area contributed by atoms with E-state index in [2.05, 4.69) is 20.7 Å². The van der Waals surface area contributed by atoms with Crippen molar-refractivity contribution in [3.05, 3.63) is 48.0 Å². The molecule has 0 saturated carbocycles. The van der Waals surface area contributed by atoms with Gasteiger partial charge in [0.1, 0.15) is 0 Å². The van der Waals surface area contributed by atoms with Gasteiger partial charge in [-0.2, -0.15) is 0 Å². The van der Waals surface area contributed by atoms with E-state index >= 15 is 0 Å². The molecule has 9 nitrogen and oxygen atoms in total. The molecule has 4 N–H and O–H groups in total. The lowest BCUT2D eigenvalue weighted by atomic mass is 10.1. The molecule has 0 aliphatic rings. The summed E-state index contributed by atoms with van der Waals surface area (Å²) in [4.78, 5) is 35.6. The van der Waals surface area contributed by atoms with Crippen LogP contribution in [0.15, 0.2) is 42.5 Å². The third-order valence-electron chi connectivity index (χ3n) is 3.61. The van der Waals surface area contributed by atoms with Gasteiger partial charge in [0.2, 0.25) is 21.8 Å². The van der Waals surface area contributed by atoms with Crippen molar-refractivity contribution < 1.29 is 22.8 Å². The van der Waals surface area contributed by atoms with Crippen LogP contribution in [0.4, 0.5) is 22.7 Å². The van der Waals surface area contributed by atoms with E-state index in [1.54, 1.807) is 31.2 Å². The fourth-order valence-electron chi connectivity index (χ4n) is 2.42. The summed E-state index contributed by atoms with van der Waals surface area (Å²) < 4.78 is 25.5. The van der Waals surface area contributed by atoms with E-state index in [1.165, 1.54) is 25.1 Å². The second-order valence-corrected chi connectivity index (χ2v) is 8.00. The Hall–Kier alpha value is -3.40.